The lowest BCUT2D eigenvalue weighted by atomic mass is 10.3. The van der Waals surface area contributed by atoms with Crippen LogP contribution in [0.25, 0.3) is 0 Å². The highest BCUT2D eigenvalue weighted by Crippen LogP contribution is 1.92. The van der Waals surface area contributed by atoms with E-state index < -0.39 is 23.9 Å². The Bertz CT molecular complexity index is 324. The van der Waals surface area contributed by atoms with Gasteiger partial charge in [-0.25, -0.2) is 9.59 Å². The fourth-order valence-electron chi connectivity index (χ4n) is 0.680. The predicted molar refractivity (Wildman–Crippen MR) is 66.4 cm³/mol. The molecular formula is C12H18O8. The SMILES string of the molecule is COC(=O)/C=C/C(=O)OC.COC(=O)CCC(=O)OC. The molecule has 0 aliphatic heterocycles. The second-order valence-corrected chi connectivity index (χ2v) is 3.03. The molecule has 0 atom stereocenters. The summed E-state index contributed by atoms with van der Waals surface area (Å²) in [7, 11) is 5.01. The van der Waals surface area contributed by atoms with Gasteiger partial charge in [-0.3, -0.25) is 9.59 Å². The number of carbonyl (C=O) groups excluding carboxylic acids is 4. The summed E-state index contributed by atoms with van der Waals surface area (Å²) in [5.41, 5.74) is 0. The quantitative estimate of drug-likeness (QED) is 0.396. The van der Waals surface area contributed by atoms with Crippen molar-refractivity contribution in [1.82, 2.24) is 0 Å². The highest BCUT2D eigenvalue weighted by Gasteiger charge is 2.05. The van der Waals surface area contributed by atoms with E-state index in [1.54, 1.807) is 0 Å². The summed E-state index contributed by atoms with van der Waals surface area (Å²) in [5.74, 6) is -1.95. The Balaban J connectivity index is 0. The van der Waals surface area contributed by atoms with Gasteiger partial charge in [0.15, 0.2) is 0 Å². The van der Waals surface area contributed by atoms with Crippen LogP contribution in [0.4, 0.5) is 0 Å². The highest BCUT2D eigenvalue weighted by atomic mass is 16.5. The van der Waals surface area contributed by atoms with E-state index >= 15 is 0 Å². The standard InChI is InChI=1S/C6H10O4.C6H8O4/c2*1-9-5(7)3-4-6(8)10-2/h3-4H2,1-2H3;3-4H,1-2H3/b;4-3+. The van der Waals surface area contributed by atoms with Gasteiger partial charge in [-0.1, -0.05) is 0 Å². The summed E-state index contributed by atoms with van der Waals surface area (Å²) in [5, 5.41) is 0. The number of hydrogen-bond donors (Lipinski definition) is 0. The lowest BCUT2D eigenvalue weighted by Gasteiger charge is -1.96. The molecule has 0 radical (unpaired) electrons. The minimum atomic E-state index is -0.578. The van der Waals surface area contributed by atoms with E-state index in [-0.39, 0.29) is 12.8 Å². The third-order valence-corrected chi connectivity index (χ3v) is 1.75. The van der Waals surface area contributed by atoms with Gasteiger partial charge in [-0.15, -0.1) is 0 Å². The van der Waals surface area contributed by atoms with Crippen molar-refractivity contribution in [2.45, 2.75) is 12.8 Å². The maximum absolute atomic E-state index is 10.4. The molecule has 0 spiro atoms. The molecule has 8 nitrogen and oxygen atoms in total. The van der Waals surface area contributed by atoms with Crippen LogP contribution < -0.4 is 0 Å². The van der Waals surface area contributed by atoms with Gasteiger partial charge in [0.05, 0.1) is 41.3 Å². The maximum atomic E-state index is 10.4. The van der Waals surface area contributed by atoms with E-state index in [1.165, 1.54) is 28.4 Å². The van der Waals surface area contributed by atoms with Gasteiger partial charge in [0, 0.05) is 12.2 Å². The van der Waals surface area contributed by atoms with Crippen LogP contribution in [0.15, 0.2) is 12.2 Å². The zero-order valence-electron chi connectivity index (χ0n) is 11.8. The first-order valence-electron chi connectivity index (χ1n) is 5.38. The summed E-state index contributed by atoms with van der Waals surface area (Å²) in [6.45, 7) is 0. The topological polar surface area (TPSA) is 105 Å². The predicted octanol–water partition coefficient (Wildman–Crippen LogP) is 0.00120. The lowest BCUT2D eigenvalue weighted by Crippen LogP contribution is -2.06. The van der Waals surface area contributed by atoms with Gasteiger partial charge >= 0.3 is 23.9 Å². The van der Waals surface area contributed by atoms with E-state index in [9.17, 15) is 19.2 Å². The van der Waals surface area contributed by atoms with Gasteiger partial charge in [0.2, 0.25) is 0 Å². The zero-order valence-corrected chi connectivity index (χ0v) is 11.8. The van der Waals surface area contributed by atoms with E-state index in [0.29, 0.717) is 0 Å². The molecule has 0 heterocycles. The molecule has 0 bridgehead atoms. The number of methoxy groups -OCH3 is 4. The first-order valence-corrected chi connectivity index (χ1v) is 5.38. The summed E-state index contributed by atoms with van der Waals surface area (Å²) in [6.07, 6.45) is 2.16. The number of ether oxygens (including phenoxy) is 4. The second-order valence-electron chi connectivity index (χ2n) is 3.03. The zero-order chi connectivity index (χ0) is 16.0. The van der Waals surface area contributed by atoms with E-state index in [4.69, 9.17) is 0 Å². The molecule has 0 saturated carbocycles. The van der Waals surface area contributed by atoms with Crippen molar-refractivity contribution >= 4 is 23.9 Å². The summed E-state index contributed by atoms with van der Waals surface area (Å²) in [6, 6.07) is 0. The van der Waals surface area contributed by atoms with Crippen molar-refractivity contribution in [3.8, 4) is 0 Å². The number of rotatable bonds is 5. The molecule has 0 amide bonds. The largest absolute Gasteiger partial charge is 0.469 e. The molecule has 0 unspecified atom stereocenters. The molecule has 0 aromatic carbocycles. The Labute approximate surface area is 116 Å². The normalized spacial score (nSPS) is 9.00. The fraction of sp³-hybridized carbons (Fsp3) is 0.500. The van der Waals surface area contributed by atoms with Crippen molar-refractivity contribution in [2.24, 2.45) is 0 Å². The second kappa shape index (κ2) is 13.1. The Morgan fingerprint density at radius 2 is 0.950 bits per heavy atom. The molecule has 0 aromatic rings. The van der Waals surface area contributed by atoms with Gasteiger partial charge in [0.1, 0.15) is 0 Å². The average molecular weight is 290 g/mol. The number of esters is 4. The van der Waals surface area contributed by atoms with Crippen LogP contribution in [0.1, 0.15) is 12.8 Å². The third-order valence-electron chi connectivity index (χ3n) is 1.75. The molecule has 0 saturated heterocycles. The Hall–Kier alpha value is -2.38. The van der Waals surface area contributed by atoms with Crippen molar-refractivity contribution in [2.75, 3.05) is 28.4 Å². The molecule has 0 rings (SSSR count). The monoisotopic (exact) mass is 290 g/mol. The Morgan fingerprint density at radius 1 is 0.650 bits per heavy atom. The molecule has 20 heavy (non-hydrogen) atoms. The van der Waals surface area contributed by atoms with Crippen LogP contribution in [-0.4, -0.2) is 52.3 Å². The highest BCUT2D eigenvalue weighted by molar-refractivity contribution is 5.91. The van der Waals surface area contributed by atoms with E-state index in [2.05, 4.69) is 18.9 Å². The van der Waals surface area contributed by atoms with Crippen LogP contribution in [-0.2, 0) is 38.1 Å². The van der Waals surface area contributed by atoms with Gasteiger partial charge in [-0.05, 0) is 0 Å². The molecular weight excluding hydrogens is 272 g/mol. The van der Waals surface area contributed by atoms with Crippen LogP contribution in [0, 0.1) is 0 Å². The first kappa shape index (κ1) is 19.9. The van der Waals surface area contributed by atoms with Crippen molar-refractivity contribution in [3.63, 3.8) is 0 Å². The smallest absolute Gasteiger partial charge is 0.330 e. The molecule has 0 aromatic heterocycles. The number of hydrogen-bond acceptors (Lipinski definition) is 8. The van der Waals surface area contributed by atoms with E-state index in [1.807, 2.05) is 0 Å². The van der Waals surface area contributed by atoms with Crippen LogP contribution in [0.5, 0.6) is 0 Å². The van der Waals surface area contributed by atoms with Gasteiger partial charge in [-0.2, -0.15) is 0 Å². The molecule has 0 N–H and O–H groups in total. The molecule has 8 heteroatoms. The third kappa shape index (κ3) is 13.7. The minimum absolute atomic E-state index is 0.0865. The molecule has 114 valence electrons. The van der Waals surface area contributed by atoms with Crippen molar-refractivity contribution < 1.29 is 38.1 Å². The van der Waals surface area contributed by atoms with E-state index in [0.717, 1.165) is 12.2 Å². The lowest BCUT2D eigenvalue weighted by molar-refractivity contribution is -0.147. The van der Waals surface area contributed by atoms with Crippen molar-refractivity contribution in [1.29, 1.82) is 0 Å². The Morgan fingerprint density at radius 3 is 1.15 bits per heavy atom. The summed E-state index contributed by atoms with van der Waals surface area (Å²) in [4.78, 5) is 41.4. The summed E-state index contributed by atoms with van der Waals surface area (Å²) >= 11 is 0. The van der Waals surface area contributed by atoms with Crippen LogP contribution >= 0.6 is 0 Å². The van der Waals surface area contributed by atoms with Crippen LogP contribution in [0.2, 0.25) is 0 Å². The molecule has 0 aliphatic rings. The van der Waals surface area contributed by atoms with Crippen molar-refractivity contribution in [3.05, 3.63) is 12.2 Å². The fourth-order valence-corrected chi connectivity index (χ4v) is 0.680. The number of carbonyl (C=O) groups is 4. The molecule has 0 aliphatic carbocycles. The maximum Gasteiger partial charge on any atom is 0.330 e. The van der Waals surface area contributed by atoms with Gasteiger partial charge < -0.3 is 18.9 Å². The van der Waals surface area contributed by atoms with Crippen LogP contribution in [0.3, 0.4) is 0 Å². The van der Waals surface area contributed by atoms with Gasteiger partial charge in [0.25, 0.3) is 0 Å². The minimum Gasteiger partial charge on any atom is -0.469 e. The Kier molecular flexibility index (Phi) is 13.0. The summed E-state index contributed by atoms with van der Waals surface area (Å²) < 4.78 is 17.0. The first-order chi connectivity index (χ1) is 9.40. The molecule has 0 fully saturated rings. The average Bonchev–Trinajstić information content (AvgIpc) is 2.49.